The van der Waals surface area contributed by atoms with Crippen molar-refractivity contribution in [3.05, 3.63) is 29.6 Å². The van der Waals surface area contributed by atoms with Gasteiger partial charge in [-0.05, 0) is 37.6 Å². The molecule has 2 heterocycles. The Bertz CT molecular complexity index is 426. The van der Waals surface area contributed by atoms with Gasteiger partial charge in [0.15, 0.2) is 0 Å². The zero-order chi connectivity index (χ0) is 9.26. The van der Waals surface area contributed by atoms with E-state index >= 15 is 0 Å². The Labute approximate surface area is 101 Å². The van der Waals surface area contributed by atoms with Crippen LogP contribution in [-0.4, -0.2) is 16.5 Å². The molecule has 84 valence electrons. The van der Waals surface area contributed by atoms with E-state index in [1.54, 1.807) is 0 Å². The molecule has 0 fully saturated rings. The van der Waals surface area contributed by atoms with Crippen LogP contribution in [-0.2, 0) is 6.42 Å². The third-order valence-corrected chi connectivity index (χ3v) is 2.08. The average molecular weight is 248 g/mol. The molecule has 0 aliphatic heterocycles. The highest BCUT2D eigenvalue weighted by atomic mass is 35.5. The van der Waals surface area contributed by atoms with Gasteiger partial charge in [0.2, 0.25) is 0 Å². The van der Waals surface area contributed by atoms with Gasteiger partial charge in [0.1, 0.15) is 5.65 Å². The predicted molar refractivity (Wildman–Crippen MR) is 68.1 cm³/mol. The van der Waals surface area contributed by atoms with E-state index in [0.717, 1.165) is 17.8 Å². The molecule has 0 radical (unpaired) electrons. The standard InChI is InChI=1S/C10H13N3.2ClH/c1-7-4-8-5-9(2-3-11)13-10(8)12-6-7;;/h4-6H,2-3,11H2,1H3,(H,12,13);2*1H. The maximum atomic E-state index is 5.47. The second-order valence-electron chi connectivity index (χ2n) is 3.28. The van der Waals surface area contributed by atoms with Crippen molar-refractivity contribution >= 4 is 35.8 Å². The lowest BCUT2D eigenvalue weighted by molar-refractivity contribution is 0.937. The fourth-order valence-electron chi connectivity index (χ4n) is 1.47. The molecular formula is C10H15Cl2N3. The molecule has 3 N–H and O–H groups in total. The number of aromatic nitrogens is 2. The summed E-state index contributed by atoms with van der Waals surface area (Å²) in [5.74, 6) is 0. The molecule has 5 heteroatoms. The van der Waals surface area contributed by atoms with Crippen LogP contribution >= 0.6 is 24.8 Å². The number of H-pyrrole nitrogens is 1. The molecule has 2 rings (SSSR count). The first-order chi connectivity index (χ1) is 6.29. The van der Waals surface area contributed by atoms with Gasteiger partial charge in [0.25, 0.3) is 0 Å². The average Bonchev–Trinajstić information content (AvgIpc) is 2.46. The smallest absolute Gasteiger partial charge is 0.137 e. The number of pyridine rings is 1. The Morgan fingerprint density at radius 1 is 1.33 bits per heavy atom. The van der Waals surface area contributed by atoms with Crippen molar-refractivity contribution in [1.29, 1.82) is 0 Å². The topological polar surface area (TPSA) is 54.7 Å². The summed E-state index contributed by atoms with van der Waals surface area (Å²) >= 11 is 0. The van der Waals surface area contributed by atoms with E-state index in [2.05, 4.69) is 22.1 Å². The number of nitrogens with zero attached hydrogens (tertiary/aromatic N) is 1. The van der Waals surface area contributed by atoms with Gasteiger partial charge in [-0.15, -0.1) is 24.8 Å². The summed E-state index contributed by atoms with van der Waals surface area (Å²) in [6, 6.07) is 4.24. The Morgan fingerprint density at radius 3 is 2.73 bits per heavy atom. The quantitative estimate of drug-likeness (QED) is 0.856. The molecule has 0 unspecified atom stereocenters. The van der Waals surface area contributed by atoms with Crippen LogP contribution in [0.15, 0.2) is 18.3 Å². The van der Waals surface area contributed by atoms with E-state index in [9.17, 15) is 0 Å². The van der Waals surface area contributed by atoms with Crippen LogP contribution in [0.2, 0.25) is 0 Å². The molecular weight excluding hydrogens is 233 g/mol. The third kappa shape index (κ3) is 3.09. The fraction of sp³-hybridized carbons (Fsp3) is 0.300. The van der Waals surface area contributed by atoms with Crippen molar-refractivity contribution in [2.45, 2.75) is 13.3 Å². The zero-order valence-corrected chi connectivity index (χ0v) is 10.1. The van der Waals surface area contributed by atoms with Crippen LogP contribution in [0.25, 0.3) is 11.0 Å². The van der Waals surface area contributed by atoms with Crippen molar-refractivity contribution in [1.82, 2.24) is 9.97 Å². The van der Waals surface area contributed by atoms with Crippen LogP contribution in [0.5, 0.6) is 0 Å². The van der Waals surface area contributed by atoms with Gasteiger partial charge in [-0.3, -0.25) is 0 Å². The minimum absolute atomic E-state index is 0. The Hall–Kier alpha value is -0.770. The zero-order valence-electron chi connectivity index (χ0n) is 8.49. The highest BCUT2D eigenvalue weighted by molar-refractivity contribution is 5.85. The summed E-state index contributed by atoms with van der Waals surface area (Å²) < 4.78 is 0. The van der Waals surface area contributed by atoms with Crippen LogP contribution in [0.3, 0.4) is 0 Å². The molecule has 0 atom stereocenters. The molecule has 0 aromatic carbocycles. The predicted octanol–water partition coefficient (Wildman–Crippen LogP) is 2.22. The Morgan fingerprint density at radius 2 is 2.07 bits per heavy atom. The van der Waals surface area contributed by atoms with Gasteiger partial charge in [-0.1, -0.05) is 0 Å². The summed E-state index contributed by atoms with van der Waals surface area (Å²) in [4.78, 5) is 7.52. The number of hydrogen-bond donors (Lipinski definition) is 2. The largest absolute Gasteiger partial charge is 0.343 e. The summed E-state index contributed by atoms with van der Waals surface area (Å²) in [6.07, 6.45) is 2.75. The summed E-state index contributed by atoms with van der Waals surface area (Å²) in [6.45, 7) is 2.72. The Balaban J connectivity index is 0.000000980. The van der Waals surface area contributed by atoms with E-state index in [1.165, 1.54) is 10.9 Å². The number of hydrogen-bond acceptors (Lipinski definition) is 2. The van der Waals surface area contributed by atoms with Gasteiger partial charge in [-0.25, -0.2) is 4.98 Å². The highest BCUT2D eigenvalue weighted by Crippen LogP contribution is 2.14. The van der Waals surface area contributed by atoms with E-state index < -0.39 is 0 Å². The lowest BCUT2D eigenvalue weighted by atomic mass is 10.2. The number of nitrogens with one attached hydrogen (secondary N) is 1. The molecule has 0 amide bonds. The minimum atomic E-state index is 0. The van der Waals surface area contributed by atoms with Gasteiger partial charge >= 0.3 is 0 Å². The highest BCUT2D eigenvalue weighted by Gasteiger charge is 2.00. The van der Waals surface area contributed by atoms with E-state index in [1.807, 2.05) is 13.1 Å². The minimum Gasteiger partial charge on any atom is -0.343 e. The van der Waals surface area contributed by atoms with Crippen molar-refractivity contribution in [2.24, 2.45) is 5.73 Å². The van der Waals surface area contributed by atoms with Crippen LogP contribution in [0.4, 0.5) is 0 Å². The SMILES string of the molecule is Cc1cnc2[nH]c(CCN)cc2c1.Cl.Cl. The number of aryl methyl sites for hydroxylation is 1. The molecule has 3 nitrogen and oxygen atoms in total. The van der Waals surface area contributed by atoms with Gasteiger partial charge in [-0.2, -0.15) is 0 Å². The second kappa shape index (κ2) is 5.95. The van der Waals surface area contributed by atoms with Crippen molar-refractivity contribution in [3.63, 3.8) is 0 Å². The van der Waals surface area contributed by atoms with E-state index in [4.69, 9.17) is 5.73 Å². The lowest BCUT2D eigenvalue weighted by Gasteiger charge is -1.90. The lowest BCUT2D eigenvalue weighted by Crippen LogP contribution is -2.02. The van der Waals surface area contributed by atoms with Crippen molar-refractivity contribution < 1.29 is 0 Å². The molecule has 2 aromatic heterocycles. The number of fused-ring (bicyclic) bond motifs is 1. The third-order valence-electron chi connectivity index (χ3n) is 2.08. The summed E-state index contributed by atoms with van der Waals surface area (Å²) in [7, 11) is 0. The normalized spacial score (nSPS) is 9.47. The first-order valence-electron chi connectivity index (χ1n) is 4.44. The van der Waals surface area contributed by atoms with E-state index in [-0.39, 0.29) is 24.8 Å². The number of nitrogens with two attached hydrogens (primary N) is 1. The van der Waals surface area contributed by atoms with Crippen LogP contribution in [0, 0.1) is 6.92 Å². The fourth-order valence-corrected chi connectivity index (χ4v) is 1.47. The summed E-state index contributed by atoms with van der Waals surface area (Å²) in [5, 5.41) is 1.17. The first-order valence-corrected chi connectivity index (χ1v) is 4.44. The maximum Gasteiger partial charge on any atom is 0.137 e. The molecule has 15 heavy (non-hydrogen) atoms. The number of rotatable bonds is 2. The molecule has 0 spiro atoms. The van der Waals surface area contributed by atoms with Gasteiger partial charge in [0, 0.05) is 17.3 Å². The van der Waals surface area contributed by atoms with Crippen LogP contribution < -0.4 is 5.73 Å². The number of halogens is 2. The molecule has 0 saturated carbocycles. The van der Waals surface area contributed by atoms with Crippen molar-refractivity contribution in [2.75, 3.05) is 6.54 Å². The Kier molecular flexibility index (Phi) is 5.65. The van der Waals surface area contributed by atoms with Gasteiger partial charge < -0.3 is 10.7 Å². The number of aromatic amines is 1. The molecule has 0 bridgehead atoms. The van der Waals surface area contributed by atoms with E-state index in [0.29, 0.717) is 6.54 Å². The summed E-state index contributed by atoms with van der Waals surface area (Å²) in [5.41, 5.74) is 8.77. The first kappa shape index (κ1) is 14.2. The van der Waals surface area contributed by atoms with Crippen LogP contribution in [0.1, 0.15) is 11.3 Å². The maximum absolute atomic E-state index is 5.47. The second-order valence-corrected chi connectivity index (χ2v) is 3.28. The van der Waals surface area contributed by atoms with Gasteiger partial charge in [0.05, 0.1) is 0 Å². The molecule has 0 saturated heterocycles. The molecule has 0 aliphatic rings. The molecule has 2 aromatic rings. The monoisotopic (exact) mass is 247 g/mol. The van der Waals surface area contributed by atoms with Crippen molar-refractivity contribution in [3.8, 4) is 0 Å². The molecule has 0 aliphatic carbocycles.